The Morgan fingerprint density at radius 2 is 1.14 bits per heavy atom. The summed E-state index contributed by atoms with van der Waals surface area (Å²) in [5.74, 6) is -0.668. The maximum Gasteiger partial charge on any atom is 0.303 e. The molecule has 0 aromatic rings. The van der Waals surface area contributed by atoms with Gasteiger partial charge in [0.2, 0.25) is 0 Å². The lowest BCUT2D eigenvalue weighted by atomic mass is 10.1. The van der Waals surface area contributed by atoms with Crippen LogP contribution in [-0.4, -0.2) is 22.3 Å². The van der Waals surface area contributed by atoms with E-state index in [0.29, 0.717) is 12.8 Å². The van der Waals surface area contributed by atoms with E-state index in [9.17, 15) is 9.90 Å². The molecule has 0 saturated heterocycles. The number of hydrogen-bond acceptors (Lipinski definition) is 2. The molecular formula is C32H52O3. The third-order valence-electron chi connectivity index (χ3n) is 5.69. The number of hydrogen-bond donors (Lipinski definition) is 2. The minimum Gasteiger partial charge on any atom is -0.481 e. The topological polar surface area (TPSA) is 57.5 Å². The lowest BCUT2D eigenvalue weighted by molar-refractivity contribution is -0.137. The fourth-order valence-electron chi connectivity index (χ4n) is 3.62. The highest BCUT2D eigenvalue weighted by Gasteiger charge is 1.97. The van der Waals surface area contributed by atoms with E-state index in [1.807, 2.05) is 24.3 Å². The fraction of sp³-hybridized carbons (Fsp3) is 0.594. The van der Waals surface area contributed by atoms with Crippen LogP contribution in [0.1, 0.15) is 116 Å². The summed E-state index contributed by atoms with van der Waals surface area (Å²) in [6.07, 6.45) is 43.3. The van der Waals surface area contributed by atoms with Crippen molar-refractivity contribution in [3.05, 3.63) is 72.9 Å². The van der Waals surface area contributed by atoms with Crippen molar-refractivity contribution in [2.24, 2.45) is 0 Å². The molecule has 0 radical (unpaired) electrons. The lowest BCUT2D eigenvalue weighted by Crippen LogP contribution is -1.98. The molecule has 0 aromatic heterocycles. The second-order valence-electron chi connectivity index (χ2n) is 9.09. The van der Waals surface area contributed by atoms with E-state index < -0.39 is 12.1 Å². The predicted molar refractivity (Wildman–Crippen MR) is 153 cm³/mol. The summed E-state index contributed by atoms with van der Waals surface area (Å²) in [6, 6.07) is 0. The molecule has 0 saturated carbocycles. The number of aliphatic carboxylic acids is 1. The second kappa shape index (κ2) is 28.1. The van der Waals surface area contributed by atoms with Gasteiger partial charge in [-0.15, -0.1) is 0 Å². The number of carboxylic acid groups (broad SMARTS) is 1. The van der Waals surface area contributed by atoms with Crippen molar-refractivity contribution in [1.82, 2.24) is 0 Å². The van der Waals surface area contributed by atoms with Crippen LogP contribution in [0, 0.1) is 0 Å². The van der Waals surface area contributed by atoms with Crippen LogP contribution in [0.2, 0.25) is 0 Å². The molecule has 2 N–H and O–H groups in total. The monoisotopic (exact) mass is 484 g/mol. The third kappa shape index (κ3) is 29.8. The molecule has 0 bridgehead atoms. The standard InChI is InChI=1S/C32H52O3/c1-2-3-25-28-31(33)29-26-23-21-19-17-15-13-11-9-7-5-4-6-8-10-12-14-16-18-20-22-24-27-30-32(34)35/h3-5,9,11,15,17,21,23,25-26,29,31,33H,2,6-8,10,12-14,16,18-20,22,24,27-28,30H2,1H3,(H,34,35). The van der Waals surface area contributed by atoms with E-state index in [-0.39, 0.29) is 0 Å². The van der Waals surface area contributed by atoms with Crippen LogP contribution in [0.3, 0.4) is 0 Å². The first-order chi connectivity index (χ1) is 17.2. The highest BCUT2D eigenvalue weighted by atomic mass is 16.4. The van der Waals surface area contributed by atoms with Gasteiger partial charge in [-0.3, -0.25) is 4.79 Å². The van der Waals surface area contributed by atoms with Gasteiger partial charge in [0.05, 0.1) is 6.10 Å². The van der Waals surface area contributed by atoms with Crippen molar-refractivity contribution >= 4 is 5.97 Å². The Labute approximate surface area is 216 Å². The predicted octanol–water partition coefficient (Wildman–Crippen LogP) is 9.42. The number of aliphatic hydroxyl groups excluding tert-OH is 1. The molecule has 1 atom stereocenters. The van der Waals surface area contributed by atoms with Gasteiger partial charge >= 0.3 is 5.97 Å². The maximum absolute atomic E-state index is 10.4. The highest BCUT2D eigenvalue weighted by molar-refractivity contribution is 5.66. The number of rotatable bonds is 24. The molecule has 0 aromatic carbocycles. The molecule has 0 amide bonds. The third-order valence-corrected chi connectivity index (χ3v) is 5.69. The summed E-state index contributed by atoms with van der Waals surface area (Å²) in [7, 11) is 0. The summed E-state index contributed by atoms with van der Waals surface area (Å²) in [4.78, 5) is 10.4. The van der Waals surface area contributed by atoms with Crippen LogP contribution < -0.4 is 0 Å². The summed E-state index contributed by atoms with van der Waals surface area (Å²) in [6.45, 7) is 2.09. The number of unbranched alkanes of at least 4 members (excludes halogenated alkanes) is 10. The van der Waals surface area contributed by atoms with Crippen LogP contribution in [-0.2, 0) is 4.79 Å². The number of allylic oxidation sites excluding steroid dienone is 10. The smallest absolute Gasteiger partial charge is 0.303 e. The number of carboxylic acids is 1. The van der Waals surface area contributed by atoms with Gasteiger partial charge in [0.1, 0.15) is 0 Å². The normalized spacial score (nSPS) is 13.7. The molecule has 198 valence electrons. The minimum absolute atomic E-state index is 0.324. The van der Waals surface area contributed by atoms with E-state index in [2.05, 4.69) is 55.5 Å². The number of carbonyl (C=O) groups is 1. The van der Waals surface area contributed by atoms with Crippen molar-refractivity contribution in [2.45, 2.75) is 122 Å². The van der Waals surface area contributed by atoms with Gasteiger partial charge in [-0.05, 0) is 51.4 Å². The molecule has 3 nitrogen and oxygen atoms in total. The minimum atomic E-state index is -0.668. The molecule has 35 heavy (non-hydrogen) atoms. The van der Waals surface area contributed by atoms with Gasteiger partial charge in [-0.2, -0.15) is 0 Å². The molecular weight excluding hydrogens is 432 g/mol. The second-order valence-corrected chi connectivity index (χ2v) is 9.09. The SMILES string of the molecule is CCC=CCC(O)C=CC=CCC=CCC=CCC=CCCCCCCCCCCCCC(=O)O. The van der Waals surface area contributed by atoms with Gasteiger partial charge in [-0.25, -0.2) is 0 Å². The van der Waals surface area contributed by atoms with Crippen LogP contribution in [0.25, 0.3) is 0 Å². The first-order valence-electron chi connectivity index (χ1n) is 14.0. The van der Waals surface area contributed by atoms with Crippen molar-refractivity contribution in [2.75, 3.05) is 0 Å². The Morgan fingerprint density at radius 1 is 0.629 bits per heavy atom. The molecule has 0 rings (SSSR count). The quantitative estimate of drug-likeness (QED) is 0.0814. The summed E-state index contributed by atoms with van der Waals surface area (Å²) < 4.78 is 0. The zero-order chi connectivity index (χ0) is 25.7. The molecule has 0 aliphatic carbocycles. The van der Waals surface area contributed by atoms with E-state index in [0.717, 1.165) is 38.5 Å². The zero-order valence-corrected chi connectivity index (χ0v) is 22.3. The Hall–Kier alpha value is -2.13. The van der Waals surface area contributed by atoms with Crippen molar-refractivity contribution in [3.63, 3.8) is 0 Å². The molecule has 1 unspecified atom stereocenters. The van der Waals surface area contributed by atoms with E-state index in [1.165, 1.54) is 57.8 Å². The summed E-state index contributed by atoms with van der Waals surface area (Å²) in [5, 5.41) is 18.4. The van der Waals surface area contributed by atoms with Crippen LogP contribution in [0.5, 0.6) is 0 Å². The Morgan fingerprint density at radius 3 is 1.71 bits per heavy atom. The number of aliphatic hydroxyl groups is 1. The van der Waals surface area contributed by atoms with Crippen LogP contribution in [0.4, 0.5) is 0 Å². The molecule has 3 heteroatoms. The first kappa shape index (κ1) is 32.9. The average molecular weight is 485 g/mol. The molecule has 0 spiro atoms. The van der Waals surface area contributed by atoms with Gasteiger partial charge < -0.3 is 10.2 Å². The average Bonchev–Trinajstić information content (AvgIpc) is 2.84. The van der Waals surface area contributed by atoms with E-state index >= 15 is 0 Å². The Bertz CT molecular complexity index is 637. The molecule has 0 fully saturated rings. The summed E-state index contributed by atoms with van der Waals surface area (Å²) >= 11 is 0. The van der Waals surface area contributed by atoms with Crippen molar-refractivity contribution < 1.29 is 15.0 Å². The molecule has 0 heterocycles. The fourth-order valence-corrected chi connectivity index (χ4v) is 3.62. The Balaban J connectivity index is 3.44. The van der Waals surface area contributed by atoms with Gasteiger partial charge in [-0.1, -0.05) is 131 Å². The molecule has 0 aliphatic rings. The maximum atomic E-state index is 10.4. The lowest BCUT2D eigenvalue weighted by Gasteiger charge is -2.01. The first-order valence-corrected chi connectivity index (χ1v) is 14.0. The van der Waals surface area contributed by atoms with Gasteiger partial charge in [0, 0.05) is 6.42 Å². The van der Waals surface area contributed by atoms with Crippen molar-refractivity contribution in [1.29, 1.82) is 0 Å². The summed E-state index contributed by atoms with van der Waals surface area (Å²) in [5.41, 5.74) is 0. The highest BCUT2D eigenvalue weighted by Crippen LogP contribution is 2.12. The van der Waals surface area contributed by atoms with Crippen LogP contribution in [0.15, 0.2) is 72.9 Å². The van der Waals surface area contributed by atoms with Crippen LogP contribution >= 0.6 is 0 Å². The van der Waals surface area contributed by atoms with Crippen molar-refractivity contribution in [3.8, 4) is 0 Å². The molecule has 0 aliphatic heterocycles. The Kier molecular flexibility index (Phi) is 26.4. The van der Waals surface area contributed by atoms with E-state index in [1.54, 1.807) is 0 Å². The van der Waals surface area contributed by atoms with E-state index in [4.69, 9.17) is 5.11 Å². The zero-order valence-electron chi connectivity index (χ0n) is 22.3. The largest absolute Gasteiger partial charge is 0.481 e. The van der Waals surface area contributed by atoms with Gasteiger partial charge in [0.15, 0.2) is 0 Å². The van der Waals surface area contributed by atoms with Gasteiger partial charge in [0.25, 0.3) is 0 Å².